The Morgan fingerprint density at radius 1 is 1.40 bits per heavy atom. The van der Waals surface area contributed by atoms with Crippen molar-refractivity contribution in [2.24, 2.45) is 0 Å². The largest absolute Gasteiger partial charge is 0.363 e. The number of piperidine rings is 1. The molecule has 0 aromatic rings. The van der Waals surface area contributed by atoms with Gasteiger partial charge >= 0.3 is 0 Å². The van der Waals surface area contributed by atoms with E-state index in [-0.39, 0.29) is 0 Å². The highest BCUT2D eigenvalue weighted by Crippen LogP contribution is 2.26. The lowest BCUT2D eigenvalue weighted by molar-refractivity contribution is 0.175. The second kappa shape index (κ2) is 5.12. The van der Waals surface area contributed by atoms with Crippen LogP contribution in [0.4, 0.5) is 0 Å². The van der Waals surface area contributed by atoms with Gasteiger partial charge in [0, 0.05) is 25.2 Å². The summed E-state index contributed by atoms with van der Waals surface area (Å²) in [6.45, 7) is 5.55. The van der Waals surface area contributed by atoms with E-state index in [4.69, 9.17) is 12.2 Å². The summed E-state index contributed by atoms with van der Waals surface area (Å²) in [5, 5.41) is 7.41. The lowest BCUT2D eigenvalue weighted by Crippen LogP contribution is -2.49. The van der Waals surface area contributed by atoms with Gasteiger partial charge in [-0.25, -0.2) is 0 Å². The van der Waals surface area contributed by atoms with Crippen molar-refractivity contribution in [2.75, 3.05) is 19.6 Å². The van der Waals surface area contributed by atoms with Gasteiger partial charge in [0.1, 0.15) is 0 Å². The van der Waals surface area contributed by atoms with E-state index in [0.717, 1.165) is 17.7 Å². The number of hydrogen-bond acceptors (Lipinski definition) is 2. The minimum Gasteiger partial charge on any atom is -0.363 e. The van der Waals surface area contributed by atoms with E-state index in [1.54, 1.807) is 0 Å². The zero-order valence-corrected chi connectivity index (χ0v) is 10.3. The highest BCUT2D eigenvalue weighted by atomic mass is 32.1. The molecule has 15 heavy (non-hydrogen) atoms. The monoisotopic (exact) mass is 227 g/mol. The van der Waals surface area contributed by atoms with Crippen LogP contribution in [-0.2, 0) is 0 Å². The van der Waals surface area contributed by atoms with E-state index in [1.807, 2.05) is 0 Å². The Balaban J connectivity index is 1.77. The maximum Gasteiger partial charge on any atom is 0.166 e. The molecule has 2 rings (SSSR count). The number of hydrogen-bond donors (Lipinski definition) is 2. The van der Waals surface area contributed by atoms with Crippen molar-refractivity contribution in [3.63, 3.8) is 0 Å². The molecule has 86 valence electrons. The lowest BCUT2D eigenvalue weighted by Gasteiger charge is -2.35. The molecule has 2 saturated heterocycles. The van der Waals surface area contributed by atoms with Gasteiger partial charge in [0.15, 0.2) is 5.11 Å². The smallest absolute Gasteiger partial charge is 0.166 e. The molecule has 0 amide bonds. The van der Waals surface area contributed by atoms with Crippen molar-refractivity contribution in [2.45, 2.75) is 44.7 Å². The van der Waals surface area contributed by atoms with Gasteiger partial charge in [0.2, 0.25) is 0 Å². The fourth-order valence-electron chi connectivity index (χ4n) is 2.75. The quantitative estimate of drug-likeness (QED) is 0.691. The first-order valence-corrected chi connectivity index (χ1v) is 6.49. The summed E-state index contributed by atoms with van der Waals surface area (Å²) in [6, 6.07) is 1.41. The van der Waals surface area contributed by atoms with E-state index in [2.05, 4.69) is 22.5 Å². The van der Waals surface area contributed by atoms with Crippen LogP contribution < -0.4 is 10.6 Å². The molecule has 0 aliphatic carbocycles. The molecule has 3 nitrogen and oxygen atoms in total. The van der Waals surface area contributed by atoms with E-state index in [0.29, 0.717) is 6.04 Å². The molecule has 4 heteroatoms. The van der Waals surface area contributed by atoms with Crippen molar-refractivity contribution in [3.8, 4) is 0 Å². The highest BCUT2D eigenvalue weighted by molar-refractivity contribution is 7.80. The molecule has 0 radical (unpaired) electrons. The van der Waals surface area contributed by atoms with Crippen LogP contribution in [0.1, 0.15) is 32.6 Å². The molecule has 2 N–H and O–H groups in total. The molecule has 0 saturated carbocycles. The number of thiocarbonyl (C=S) groups is 1. The average molecular weight is 227 g/mol. The molecular weight excluding hydrogens is 206 g/mol. The van der Waals surface area contributed by atoms with E-state index in [9.17, 15) is 0 Å². The predicted octanol–water partition coefficient (Wildman–Crippen LogP) is 1.10. The second-order valence-electron chi connectivity index (χ2n) is 4.56. The summed E-state index contributed by atoms with van der Waals surface area (Å²) >= 11 is 5.22. The first kappa shape index (κ1) is 11.1. The minimum atomic E-state index is 0.593. The maximum atomic E-state index is 5.22. The maximum absolute atomic E-state index is 5.22. The third-order valence-corrected chi connectivity index (χ3v) is 3.76. The zero-order chi connectivity index (χ0) is 10.7. The Kier molecular flexibility index (Phi) is 3.81. The van der Waals surface area contributed by atoms with Crippen molar-refractivity contribution in [1.29, 1.82) is 0 Å². The Morgan fingerprint density at radius 2 is 2.27 bits per heavy atom. The molecule has 0 spiro atoms. The molecule has 2 aliphatic rings. The zero-order valence-electron chi connectivity index (χ0n) is 9.46. The second-order valence-corrected chi connectivity index (χ2v) is 4.97. The molecule has 2 unspecified atom stereocenters. The van der Waals surface area contributed by atoms with Crippen molar-refractivity contribution in [3.05, 3.63) is 0 Å². The molecular formula is C11H21N3S. The lowest BCUT2D eigenvalue weighted by atomic mass is 9.98. The number of nitrogens with one attached hydrogen (secondary N) is 2. The average Bonchev–Trinajstić information content (AvgIpc) is 2.65. The molecule has 2 fully saturated rings. The van der Waals surface area contributed by atoms with Gasteiger partial charge in [0.25, 0.3) is 0 Å². The van der Waals surface area contributed by atoms with Crippen LogP contribution in [0.5, 0.6) is 0 Å². The van der Waals surface area contributed by atoms with E-state index >= 15 is 0 Å². The summed E-state index contributed by atoms with van der Waals surface area (Å²) in [7, 11) is 0. The number of fused-ring (bicyclic) bond motifs is 1. The Labute approximate surface area is 97.6 Å². The summed E-state index contributed by atoms with van der Waals surface area (Å²) in [5.74, 6) is 0. The SMILES string of the molecule is CCNC(=S)NC1CCN2CCCC2C1. The first-order chi connectivity index (χ1) is 7.29. The van der Waals surface area contributed by atoms with Crippen LogP contribution in [0.25, 0.3) is 0 Å². The van der Waals surface area contributed by atoms with Crippen LogP contribution in [0.2, 0.25) is 0 Å². The van der Waals surface area contributed by atoms with Crippen LogP contribution >= 0.6 is 12.2 Å². The Morgan fingerprint density at radius 3 is 3.07 bits per heavy atom. The number of rotatable bonds is 2. The topological polar surface area (TPSA) is 27.3 Å². The molecule has 2 heterocycles. The van der Waals surface area contributed by atoms with Gasteiger partial charge in [-0.1, -0.05) is 0 Å². The summed E-state index contributed by atoms with van der Waals surface area (Å²) < 4.78 is 0. The van der Waals surface area contributed by atoms with Gasteiger partial charge in [-0.3, -0.25) is 0 Å². The molecule has 2 aliphatic heterocycles. The summed E-state index contributed by atoms with van der Waals surface area (Å²) in [4.78, 5) is 2.63. The summed E-state index contributed by atoms with van der Waals surface area (Å²) in [6.07, 6.45) is 5.27. The summed E-state index contributed by atoms with van der Waals surface area (Å²) in [5.41, 5.74) is 0. The number of nitrogens with zero attached hydrogens (tertiary/aromatic N) is 1. The van der Waals surface area contributed by atoms with Gasteiger partial charge in [-0.15, -0.1) is 0 Å². The van der Waals surface area contributed by atoms with Crippen molar-refractivity contribution < 1.29 is 0 Å². The fourth-order valence-corrected chi connectivity index (χ4v) is 3.06. The van der Waals surface area contributed by atoms with Crippen LogP contribution in [0.15, 0.2) is 0 Å². The molecule has 0 aromatic heterocycles. The Hall–Kier alpha value is -0.350. The van der Waals surface area contributed by atoms with E-state index < -0.39 is 0 Å². The Bertz CT molecular complexity index is 232. The minimum absolute atomic E-state index is 0.593. The third kappa shape index (κ3) is 2.82. The standard InChI is InChI=1S/C11H21N3S/c1-2-12-11(15)13-9-5-7-14-6-3-4-10(14)8-9/h9-10H,2-8H2,1H3,(H2,12,13,15). The highest BCUT2D eigenvalue weighted by Gasteiger charge is 2.31. The molecule has 2 atom stereocenters. The van der Waals surface area contributed by atoms with Gasteiger partial charge in [-0.05, 0) is 51.4 Å². The van der Waals surface area contributed by atoms with Gasteiger partial charge in [-0.2, -0.15) is 0 Å². The van der Waals surface area contributed by atoms with Crippen LogP contribution in [0, 0.1) is 0 Å². The normalized spacial score (nSPS) is 31.0. The van der Waals surface area contributed by atoms with Crippen molar-refractivity contribution in [1.82, 2.24) is 15.5 Å². The molecule has 0 bridgehead atoms. The van der Waals surface area contributed by atoms with Gasteiger partial charge in [0.05, 0.1) is 0 Å². The van der Waals surface area contributed by atoms with Crippen LogP contribution in [0.3, 0.4) is 0 Å². The third-order valence-electron chi connectivity index (χ3n) is 3.49. The first-order valence-electron chi connectivity index (χ1n) is 6.08. The molecule has 0 aromatic carbocycles. The van der Waals surface area contributed by atoms with Crippen LogP contribution in [-0.4, -0.2) is 41.7 Å². The van der Waals surface area contributed by atoms with E-state index in [1.165, 1.54) is 38.8 Å². The van der Waals surface area contributed by atoms with Gasteiger partial charge < -0.3 is 15.5 Å². The fraction of sp³-hybridized carbons (Fsp3) is 0.909. The van der Waals surface area contributed by atoms with Crippen molar-refractivity contribution >= 4 is 17.3 Å². The predicted molar refractivity (Wildman–Crippen MR) is 67.0 cm³/mol.